The number of nitrogens with zero attached hydrogens (tertiary/aromatic N) is 2. The molecule has 6 heteroatoms. The van der Waals surface area contributed by atoms with Gasteiger partial charge in [-0.3, -0.25) is 14.9 Å². The number of non-ortho nitro benzene ring substituents is 1. The average molecular weight is 278 g/mol. The molecule has 1 unspecified atom stereocenters. The number of rotatable bonds is 2. The van der Waals surface area contributed by atoms with Gasteiger partial charge < -0.3 is 9.64 Å². The molecule has 1 aromatic carbocycles. The van der Waals surface area contributed by atoms with Gasteiger partial charge in [0.25, 0.3) is 5.69 Å². The van der Waals surface area contributed by atoms with E-state index in [4.69, 9.17) is 4.74 Å². The second-order valence-corrected chi connectivity index (χ2v) is 5.82. The van der Waals surface area contributed by atoms with Gasteiger partial charge in [-0.2, -0.15) is 0 Å². The zero-order valence-corrected chi connectivity index (χ0v) is 11.8. The van der Waals surface area contributed by atoms with Gasteiger partial charge in [-0.05, 0) is 38.5 Å². The molecule has 1 amide bonds. The Bertz CT molecular complexity index is 519. The molecule has 2 rings (SSSR count). The molecule has 1 aliphatic heterocycles. The lowest BCUT2D eigenvalue weighted by molar-refractivity contribution is -0.384. The van der Waals surface area contributed by atoms with Gasteiger partial charge in [0.15, 0.2) is 0 Å². The molecule has 6 nitrogen and oxygen atoms in total. The highest BCUT2D eigenvalue weighted by molar-refractivity contribution is 5.79. The summed E-state index contributed by atoms with van der Waals surface area (Å²) in [7, 11) is 0. The van der Waals surface area contributed by atoms with Crippen LogP contribution in [0.5, 0.6) is 0 Å². The number of hydrogen-bond donors (Lipinski definition) is 0. The number of carbonyl (C=O) groups excluding carboxylic acids is 1. The van der Waals surface area contributed by atoms with Crippen molar-refractivity contribution in [1.29, 1.82) is 0 Å². The normalized spacial score (nSPS) is 20.1. The van der Waals surface area contributed by atoms with Crippen LogP contribution in [0.2, 0.25) is 0 Å². The third kappa shape index (κ3) is 2.96. The first-order valence-corrected chi connectivity index (χ1v) is 6.45. The van der Waals surface area contributed by atoms with Crippen LogP contribution in [0.15, 0.2) is 24.3 Å². The number of morpholine rings is 1. The zero-order valence-electron chi connectivity index (χ0n) is 11.8. The molecule has 1 fully saturated rings. The molecule has 0 aromatic heterocycles. The quantitative estimate of drug-likeness (QED) is 0.614. The monoisotopic (exact) mass is 278 g/mol. The second-order valence-electron chi connectivity index (χ2n) is 5.82. The van der Waals surface area contributed by atoms with E-state index in [1.165, 1.54) is 12.1 Å². The molecule has 0 saturated carbocycles. The van der Waals surface area contributed by atoms with Crippen molar-refractivity contribution in [3.63, 3.8) is 0 Å². The van der Waals surface area contributed by atoms with Gasteiger partial charge >= 0.3 is 0 Å². The van der Waals surface area contributed by atoms with Gasteiger partial charge in [0.2, 0.25) is 5.91 Å². The molecule has 1 aliphatic rings. The summed E-state index contributed by atoms with van der Waals surface area (Å²) in [6, 6.07) is 6.27. The lowest BCUT2D eigenvalue weighted by Gasteiger charge is -2.41. The first-order valence-electron chi connectivity index (χ1n) is 6.45. The molecule has 1 aromatic rings. The third-order valence-electron chi connectivity index (χ3n) is 3.34. The fourth-order valence-electron chi connectivity index (χ4n) is 2.23. The highest BCUT2D eigenvalue weighted by atomic mass is 16.6. The van der Waals surface area contributed by atoms with E-state index in [1.54, 1.807) is 17.0 Å². The second kappa shape index (κ2) is 5.20. The maximum Gasteiger partial charge on any atom is 0.269 e. The molecular formula is C14H18N2O4. The summed E-state index contributed by atoms with van der Waals surface area (Å²) in [5.74, 6) is -0.0318. The topological polar surface area (TPSA) is 72.7 Å². The molecule has 0 bridgehead atoms. The summed E-state index contributed by atoms with van der Waals surface area (Å²) >= 11 is 0. The Kier molecular flexibility index (Phi) is 3.76. The van der Waals surface area contributed by atoms with Gasteiger partial charge in [0, 0.05) is 17.7 Å². The standard InChI is InChI=1S/C14H18N2O4/c1-14(2,3)15-8-12(20-9-13(15)17)10-4-6-11(7-5-10)16(18)19/h4-7,12H,8-9H2,1-3H3. The maximum absolute atomic E-state index is 11.9. The molecule has 108 valence electrons. The third-order valence-corrected chi connectivity index (χ3v) is 3.34. The maximum atomic E-state index is 11.9. The summed E-state index contributed by atoms with van der Waals surface area (Å²) in [4.78, 5) is 23.9. The van der Waals surface area contributed by atoms with E-state index in [0.29, 0.717) is 6.54 Å². The fraction of sp³-hybridized carbons (Fsp3) is 0.500. The summed E-state index contributed by atoms with van der Waals surface area (Å²) in [6.07, 6.45) is -0.243. The number of carbonyl (C=O) groups is 1. The van der Waals surface area contributed by atoms with E-state index in [0.717, 1.165) is 5.56 Å². The minimum absolute atomic E-state index is 0.0318. The smallest absolute Gasteiger partial charge is 0.269 e. The van der Waals surface area contributed by atoms with Gasteiger partial charge in [0.05, 0.1) is 11.5 Å². The Balaban J connectivity index is 2.17. The lowest BCUT2D eigenvalue weighted by atomic mass is 10.0. The lowest BCUT2D eigenvalue weighted by Crippen LogP contribution is -2.52. The van der Waals surface area contributed by atoms with Crippen molar-refractivity contribution in [2.45, 2.75) is 32.4 Å². The van der Waals surface area contributed by atoms with E-state index in [1.807, 2.05) is 20.8 Å². The number of ether oxygens (including phenoxy) is 1. The average Bonchev–Trinajstić information content (AvgIpc) is 2.38. The summed E-state index contributed by atoms with van der Waals surface area (Å²) in [5.41, 5.74) is 0.630. The van der Waals surface area contributed by atoms with Crippen molar-refractivity contribution < 1.29 is 14.5 Å². The van der Waals surface area contributed by atoms with Crippen molar-refractivity contribution in [2.75, 3.05) is 13.2 Å². The highest BCUT2D eigenvalue weighted by Crippen LogP contribution is 2.28. The van der Waals surface area contributed by atoms with Crippen molar-refractivity contribution in [1.82, 2.24) is 4.90 Å². The number of nitro groups is 1. The minimum Gasteiger partial charge on any atom is -0.362 e. The molecule has 0 N–H and O–H groups in total. The number of amides is 1. The predicted molar refractivity (Wildman–Crippen MR) is 73.3 cm³/mol. The number of hydrogen-bond acceptors (Lipinski definition) is 4. The van der Waals surface area contributed by atoms with E-state index in [9.17, 15) is 14.9 Å². The summed E-state index contributed by atoms with van der Waals surface area (Å²) in [6.45, 7) is 6.43. The van der Waals surface area contributed by atoms with Gasteiger partial charge in [-0.1, -0.05) is 0 Å². The molecule has 1 saturated heterocycles. The Morgan fingerprint density at radius 3 is 2.40 bits per heavy atom. The first-order chi connectivity index (χ1) is 9.29. The molecule has 0 spiro atoms. The Morgan fingerprint density at radius 1 is 1.30 bits per heavy atom. The SMILES string of the molecule is CC(C)(C)N1CC(c2ccc([N+](=O)[O-])cc2)OCC1=O. The molecular weight excluding hydrogens is 260 g/mol. The van der Waals surface area contributed by atoms with Crippen molar-refractivity contribution in [2.24, 2.45) is 0 Å². The molecule has 0 aliphatic carbocycles. The van der Waals surface area contributed by atoms with Crippen molar-refractivity contribution >= 4 is 11.6 Å². The fourth-order valence-corrected chi connectivity index (χ4v) is 2.23. The first kappa shape index (κ1) is 14.5. The van der Waals surface area contributed by atoms with E-state index < -0.39 is 4.92 Å². The van der Waals surface area contributed by atoms with Crippen molar-refractivity contribution in [3.05, 3.63) is 39.9 Å². The molecule has 20 heavy (non-hydrogen) atoms. The van der Waals surface area contributed by atoms with Gasteiger partial charge in [-0.25, -0.2) is 0 Å². The zero-order chi connectivity index (χ0) is 14.9. The van der Waals surface area contributed by atoms with Crippen LogP contribution in [0.3, 0.4) is 0 Å². The highest BCUT2D eigenvalue weighted by Gasteiger charge is 2.34. The predicted octanol–water partition coefficient (Wildman–Crippen LogP) is 2.29. The van der Waals surface area contributed by atoms with Gasteiger partial charge in [0.1, 0.15) is 12.7 Å². The van der Waals surface area contributed by atoms with Crippen LogP contribution in [0, 0.1) is 10.1 Å². The van der Waals surface area contributed by atoms with Crippen LogP contribution in [0.4, 0.5) is 5.69 Å². The molecule has 1 atom stereocenters. The molecule has 0 radical (unpaired) electrons. The Hall–Kier alpha value is -1.95. The van der Waals surface area contributed by atoms with Crippen molar-refractivity contribution in [3.8, 4) is 0 Å². The Morgan fingerprint density at radius 2 is 1.90 bits per heavy atom. The Labute approximate surface area is 117 Å². The van der Waals surface area contributed by atoms with Crippen LogP contribution in [0.1, 0.15) is 32.4 Å². The largest absolute Gasteiger partial charge is 0.362 e. The van der Waals surface area contributed by atoms with E-state index >= 15 is 0 Å². The molecule has 1 heterocycles. The van der Waals surface area contributed by atoms with E-state index in [2.05, 4.69) is 0 Å². The minimum atomic E-state index is -0.434. The van der Waals surface area contributed by atoms with Crippen LogP contribution in [-0.4, -0.2) is 34.4 Å². The van der Waals surface area contributed by atoms with Crippen LogP contribution >= 0.6 is 0 Å². The summed E-state index contributed by atoms with van der Waals surface area (Å²) < 4.78 is 5.54. The summed E-state index contributed by atoms with van der Waals surface area (Å²) in [5, 5.41) is 10.6. The van der Waals surface area contributed by atoms with E-state index in [-0.39, 0.29) is 29.8 Å². The van der Waals surface area contributed by atoms with Gasteiger partial charge in [-0.15, -0.1) is 0 Å². The van der Waals surface area contributed by atoms with Crippen LogP contribution in [0.25, 0.3) is 0 Å². The van der Waals surface area contributed by atoms with Crippen LogP contribution in [-0.2, 0) is 9.53 Å². The van der Waals surface area contributed by atoms with Crippen LogP contribution < -0.4 is 0 Å². The number of benzene rings is 1. The number of nitro benzene ring substituents is 1.